The number of benzene rings is 4. The van der Waals surface area contributed by atoms with Gasteiger partial charge in [-0.2, -0.15) is 0 Å². The highest BCUT2D eigenvalue weighted by Gasteiger charge is 2.27. The van der Waals surface area contributed by atoms with Crippen molar-refractivity contribution in [2.45, 2.75) is 16.7 Å². The van der Waals surface area contributed by atoms with Crippen molar-refractivity contribution in [1.82, 2.24) is 0 Å². The van der Waals surface area contributed by atoms with E-state index in [4.69, 9.17) is 0 Å². The van der Waals surface area contributed by atoms with E-state index in [1.54, 1.807) is 19.1 Å². The molecule has 0 atom stereocenters. The summed E-state index contributed by atoms with van der Waals surface area (Å²) in [5.74, 6) is -1.79. The van der Waals surface area contributed by atoms with Gasteiger partial charge in [0.25, 0.3) is 20.0 Å². The quantitative estimate of drug-likeness (QED) is 0.297. The van der Waals surface area contributed by atoms with E-state index in [1.807, 2.05) is 0 Å². The molecule has 1 amide bonds. The van der Waals surface area contributed by atoms with Crippen LogP contribution in [0.3, 0.4) is 0 Å². The van der Waals surface area contributed by atoms with Crippen LogP contribution >= 0.6 is 0 Å². The summed E-state index contributed by atoms with van der Waals surface area (Å²) in [6, 6.07) is 20.7. The molecule has 0 bridgehead atoms. The standard InChI is InChI=1S/C27H23F2N3O5S2/c1-19-2-14-26(15-3-19)39(36,37)32(24-12-6-21(29)7-13-24)18-27(33)30-22-10-16-25(17-11-22)38(34,35)31-23-8-4-20(28)5-9-23/h2-17,31H,18H2,1H3,(H,30,33). The van der Waals surface area contributed by atoms with Gasteiger partial charge in [-0.25, -0.2) is 25.6 Å². The molecule has 0 aliphatic carbocycles. The molecule has 0 radical (unpaired) electrons. The van der Waals surface area contributed by atoms with Crippen molar-refractivity contribution < 1.29 is 30.4 Å². The molecule has 0 aliphatic heterocycles. The Labute approximate surface area is 225 Å². The molecular weight excluding hydrogens is 548 g/mol. The number of nitrogens with one attached hydrogen (secondary N) is 2. The second-order valence-electron chi connectivity index (χ2n) is 8.49. The van der Waals surface area contributed by atoms with Crippen LogP contribution in [-0.2, 0) is 24.8 Å². The average molecular weight is 572 g/mol. The third kappa shape index (κ3) is 6.78. The molecule has 0 saturated carbocycles. The summed E-state index contributed by atoms with van der Waals surface area (Å²) < 4.78 is 81.8. The second-order valence-corrected chi connectivity index (χ2v) is 12.0. The maximum atomic E-state index is 13.5. The number of aryl methyl sites for hydroxylation is 1. The molecule has 202 valence electrons. The number of carbonyl (C=O) groups is 1. The van der Waals surface area contributed by atoms with Gasteiger partial charge in [0.15, 0.2) is 0 Å². The summed E-state index contributed by atoms with van der Waals surface area (Å²) in [6.07, 6.45) is 0. The molecule has 8 nitrogen and oxygen atoms in total. The Kier molecular flexibility index (Phi) is 7.98. The summed E-state index contributed by atoms with van der Waals surface area (Å²) in [4.78, 5) is 12.7. The van der Waals surface area contributed by atoms with Crippen molar-refractivity contribution in [2.75, 3.05) is 20.9 Å². The minimum atomic E-state index is -4.19. The number of nitrogens with zero attached hydrogens (tertiary/aromatic N) is 1. The predicted molar refractivity (Wildman–Crippen MR) is 144 cm³/mol. The van der Waals surface area contributed by atoms with Crippen molar-refractivity contribution in [2.24, 2.45) is 0 Å². The molecule has 0 aliphatic rings. The first kappa shape index (κ1) is 27.7. The molecule has 4 aromatic rings. The number of carbonyl (C=O) groups excluding carboxylic acids is 1. The minimum Gasteiger partial charge on any atom is -0.325 e. The van der Waals surface area contributed by atoms with Crippen LogP contribution in [0, 0.1) is 18.6 Å². The zero-order valence-corrected chi connectivity index (χ0v) is 22.1. The normalized spacial score (nSPS) is 11.6. The third-order valence-corrected chi connectivity index (χ3v) is 8.74. The number of hydrogen-bond acceptors (Lipinski definition) is 5. The zero-order chi connectivity index (χ0) is 28.2. The Morgan fingerprint density at radius 1 is 0.692 bits per heavy atom. The molecule has 39 heavy (non-hydrogen) atoms. The summed E-state index contributed by atoms with van der Waals surface area (Å²) in [5.41, 5.74) is 1.32. The maximum absolute atomic E-state index is 13.5. The summed E-state index contributed by atoms with van der Waals surface area (Å²) in [5, 5.41) is 2.54. The van der Waals surface area contributed by atoms with Crippen molar-refractivity contribution in [3.8, 4) is 0 Å². The monoisotopic (exact) mass is 571 g/mol. The van der Waals surface area contributed by atoms with Crippen LogP contribution < -0.4 is 14.3 Å². The van der Waals surface area contributed by atoms with E-state index in [9.17, 15) is 30.4 Å². The van der Waals surface area contributed by atoms with E-state index < -0.39 is 44.1 Å². The maximum Gasteiger partial charge on any atom is 0.264 e. The number of rotatable bonds is 9. The summed E-state index contributed by atoms with van der Waals surface area (Å²) >= 11 is 0. The highest BCUT2D eigenvalue weighted by atomic mass is 32.2. The highest BCUT2D eigenvalue weighted by Crippen LogP contribution is 2.25. The van der Waals surface area contributed by atoms with Gasteiger partial charge in [0.1, 0.15) is 18.2 Å². The van der Waals surface area contributed by atoms with Crippen LogP contribution in [0.2, 0.25) is 0 Å². The van der Waals surface area contributed by atoms with Crippen LogP contribution in [0.1, 0.15) is 5.56 Å². The highest BCUT2D eigenvalue weighted by molar-refractivity contribution is 7.93. The van der Waals surface area contributed by atoms with E-state index in [2.05, 4.69) is 10.0 Å². The summed E-state index contributed by atoms with van der Waals surface area (Å²) in [7, 11) is -8.18. The van der Waals surface area contributed by atoms with Crippen LogP contribution in [0.5, 0.6) is 0 Å². The third-order valence-electron chi connectivity index (χ3n) is 5.56. The van der Waals surface area contributed by atoms with Gasteiger partial charge in [-0.3, -0.25) is 13.8 Å². The van der Waals surface area contributed by atoms with Gasteiger partial charge < -0.3 is 5.32 Å². The van der Waals surface area contributed by atoms with E-state index >= 15 is 0 Å². The average Bonchev–Trinajstić information content (AvgIpc) is 2.90. The Hall–Kier alpha value is -4.29. The zero-order valence-electron chi connectivity index (χ0n) is 20.5. The van der Waals surface area contributed by atoms with Crippen LogP contribution in [0.25, 0.3) is 0 Å². The van der Waals surface area contributed by atoms with Crippen molar-refractivity contribution in [1.29, 1.82) is 0 Å². The van der Waals surface area contributed by atoms with Gasteiger partial charge >= 0.3 is 0 Å². The minimum absolute atomic E-state index is 0.0477. The van der Waals surface area contributed by atoms with E-state index in [1.165, 1.54) is 60.7 Å². The lowest BCUT2D eigenvalue weighted by atomic mass is 10.2. The predicted octanol–water partition coefficient (Wildman–Crippen LogP) is 4.91. The number of sulfonamides is 2. The van der Waals surface area contributed by atoms with E-state index in [0.29, 0.717) is 0 Å². The van der Waals surface area contributed by atoms with Gasteiger partial charge in [0, 0.05) is 11.4 Å². The lowest BCUT2D eigenvalue weighted by Gasteiger charge is -2.24. The Bertz CT molecular complexity index is 1680. The Balaban J connectivity index is 1.52. The first-order valence-corrected chi connectivity index (χ1v) is 14.4. The molecule has 0 aromatic heterocycles. The first-order chi connectivity index (χ1) is 18.4. The Morgan fingerprint density at radius 2 is 1.18 bits per heavy atom. The van der Waals surface area contributed by atoms with Crippen molar-refractivity contribution in [3.05, 3.63) is 114 Å². The van der Waals surface area contributed by atoms with Gasteiger partial charge in [0.2, 0.25) is 5.91 Å². The fourth-order valence-corrected chi connectivity index (χ4v) is 6.02. The molecule has 4 rings (SSSR count). The molecular formula is C27H23F2N3O5S2. The van der Waals surface area contributed by atoms with Crippen molar-refractivity contribution in [3.63, 3.8) is 0 Å². The van der Waals surface area contributed by atoms with Crippen LogP contribution in [-0.4, -0.2) is 29.3 Å². The Morgan fingerprint density at radius 3 is 1.74 bits per heavy atom. The van der Waals surface area contributed by atoms with E-state index in [-0.39, 0.29) is 26.9 Å². The molecule has 0 unspecified atom stereocenters. The first-order valence-electron chi connectivity index (χ1n) is 11.5. The lowest BCUT2D eigenvalue weighted by molar-refractivity contribution is -0.114. The topological polar surface area (TPSA) is 113 Å². The lowest BCUT2D eigenvalue weighted by Crippen LogP contribution is -2.38. The molecule has 0 fully saturated rings. The summed E-state index contributed by atoms with van der Waals surface area (Å²) in [6.45, 7) is 1.17. The SMILES string of the molecule is Cc1ccc(S(=O)(=O)N(CC(=O)Nc2ccc(S(=O)(=O)Nc3ccc(F)cc3)cc2)c2ccc(F)cc2)cc1. The second kappa shape index (κ2) is 11.2. The molecule has 0 heterocycles. The molecule has 2 N–H and O–H groups in total. The van der Waals surface area contributed by atoms with Gasteiger partial charge in [-0.05, 0) is 91.9 Å². The molecule has 0 saturated heterocycles. The molecule has 0 spiro atoms. The van der Waals surface area contributed by atoms with Gasteiger partial charge in [-0.1, -0.05) is 17.7 Å². The van der Waals surface area contributed by atoms with E-state index in [0.717, 1.165) is 34.1 Å². The molecule has 12 heteroatoms. The smallest absolute Gasteiger partial charge is 0.264 e. The van der Waals surface area contributed by atoms with Crippen LogP contribution in [0.4, 0.5) is 25.8 Å². The van der Waals surface area contributed by atoms with Crippen LogP contribution in [0.15, 0.2) is 107 Å². The van der Waals surface area contributed by atoms with Gasteiger partial charge in [0.05, 0.1) is 15.5 Å². The molecule has 4 aromatic carbocycles. The van der Waals surface area contributed by atoms with Gasteiger partial charge in [-0.15, -0.1) is 0 Å². The van der Waals surface area contributed by atoms with Crippen molar-refractivity contribution >= 4 is 43.0 Å². The number of amides is 1. The fraction of sp³-hybridized carbons (Fsp3) is 0.0741. The fourth-order valence-electron chi connectivity index (χ4n) is 3.54. The largest absolute Gasteiger partial charge is 0.325 e. The number of anilines is 3. The number of hydrogen-bond donors (Lipinski definition) is 2. The number of halogens is 2.